The lowest BCUT2D eigenvalue weighted by atomic mass is 10.1. The van der Waals surface area contributed by atoms with Crippen molar-refractivity contribution in [2.45, 2.75) is 6.92 Å². The van der Waals surface area contributed by atoms with E-state index in [9.17, 15) is 4.79 Å². The van der Waals surface area contributed by atoms with Crippen molar-refractivity contribution in [1.82, 2.24) is 4.98 Å². The van der Waals surface area contributed by atoms with Crippen molar-refractivity contribution in [3.63, 3.8) is 0 Å². The van der Waals surface area contributed by atoms with Crippen LogP contribution in [0.15, 0.2) is 36.2 Å². The number of carboxylic acids is 1. The van der Waals surface area contributed by atoms with Gasteiger partial charge in [-0.15, -0.1) is 0 Å². The van der Waals surface area contributed by atoms with Gasteiger partial charge in [-0.3, -0.25) is 0 Å². The highest BCUT2D eigenvalue weighted by Crippen LogP contribution is 2.16. The minimum Gasteiger partial charge on any atom is -0.487 e. The van der Waals surface area contributed by atoms with Crippen molar-refractivity contribution in [1.29, 1.82) is 0 Å². The number of H-pyrrole nitrogens is 1. The van der Waals surface area contributed by atoms with Gasteiger partial charge in [0.15, 0.2) is 0 Å². The molecule has 2 aromatic rings. The zero-order chi connectivity index (χ0) is 12.3. The van der Waals surface area contributed by atoms with Crippen LogP contribution in [0.4, 0.5) is 0 Å². The van der Waals surface area contributed by atoms with Crippen molar-refractivity contribution in [3.8, 4) is 0 Å². The molecule has 2 N–H and O–H groups in total. The van der Waals surface area contributed by atoms with E-state index in [0.29, 0.717) is 6.61 Å². The maximum Gasteiger partial charge on any atom is 0.371 e. The normalized spacial score (nSPS) is 11.7. The van der Waals surface area contributed by atoms with Crippen molar-refractivity contribution >= 4 is 22.9 Å². The summed E-state index contributed by atoms with van der Waals surface area (Å²) in [5.41, 5.74) is 1.83. The van der Waals surface area contributed by atoms with Crippen LogP contribution >= 0.6 is 0 Å². The SMILES string of the molecule is CCO/C(=C\c1ccc2[nH]ccc2c1)C(=O)O. The van der Waals surface area contributed by atoms with E-state index in [1.54, 1.807) is 6.92 Å². The number of benzene rings is 1. The topological polar surface area (TPSA) is 62.3 Å². The fourth-order valence-electron chi connectivity index (χ4n) is 1.63. The van der Waals surface area contributed by atoms with Crippen LogP contribution in [-0.2, 0) is 9.53 Å². The molecule has 0 amide bonds. The molecule has 4 nitrogen and oxygen atoms in total. The van der Waals surface area contributed by atoms with E-state index in [2.05, 4.69) is 4.98 Å². The number of nitrogens with one attached hydrogen (secondary N) is 1. The van der Waals surface area contributed by atoms with Gasteiger partial charge in [0.2, 0.25) is 5.76 Å². The van der Waals surface area contributed by atoms with Gasteiger partial charge in [-0.2, -0.15) is 0 Å². The third-order valence-corrected chi connectivity index (χ3v) is 2.39. The molecule has 17 heavy (non-hydrogen) atoms. The van der Waals surface area contributed by atoms with Gasteiger partial charge < -0.3 is 14.8 Å². The monoisotopic (exact) mass is 231 g/mol. The number of carbonyl (C=O) groups is 1. The first-order valence-corrected chi connectivity index (χ1v) is 5.35. The second kappa shape index (κ2) is 4.74. The lowest BCUT2D eigenvalue weighted by Crippen LogP contribution is -2.04. The Hall–Kier alpha value is -2.23. The van der Waals surface area contributed by atoms with Gasteiger partial charge in [0.25, 0.3) is 0 Å². The average Bonchev–Trinajstić information content (AvgIpc) is 2.75. The van der Waals surface area contributed by atoms with Gasteiger partial charge in [0.1, 0.15) is 0 Å². The molecule has 0 radical (unpaired) electrons. The molecule has 88 valence electrons. The van der Waals surface area contributed by atoms with E-state index >= 15 is 0 Å². The first-order chi connectivity index (χ1) is 8.20. The zero-order valence-electron chi connectivity index (χ0n) is 9.43. The molecule has 0 aliphatic carbocycles. The number of aliphatic carboxylic acids is 1. The highest BCUT2D eigenvalue weighted by Gasteiger charge is 2.07. The molecule has 4 heteroatoms. The molecular formula is C13H13NO3. The first kappa shape index (κ1) is 11.3. The Balaban J connectivity index is 2.37. The van der Waals surface area contributed by atoms with Crippen molar-refractivity contribution in [3.05, 3.63) is 41.8 Å². The summed E-state index contributed by atoms with van der Waals surface area (Å²) in [5.74, 6) is -1.09. The summed E-state index contributed by atoms with van der Waals surface area (Å²) in [6.07, 6.45) is 3.37. The number of fused-ring (bicyclic) bond motifs is 1. The highest BCUT2D eigenvalue weighted by atomic mass is 16.5. The van der Waals surface area contributed by atoms with Gasteiger partial charge >= 0.3 is 5.97 Å². The maximum atomic E-state index is 10.9. The lowest BCUT2D eigenvalue weighted by molar-refractivity contribution is -0.136. The molecule has 0 aliphatic heterocycles. The van der Waals surface area contributed by atoms with Gasteiger partial charge in [-0.05, 0) is 42.1 Å². The molecule has 1 aromatic heterocycles. The van der Waals surface area contributed by atoms with Crippen LogP contribution < -0.4 is 0 Å². The molecule has 0 aliphatic rings. The zero-order valence-corrected chi connectivity index (χ0v) is 9.43. The van der Waals surface area contributed by atoms with Crippen molar-refractivity contribution < 1.29 is 14.6 Å². The largest absolute Gasteiger partial charge is 0.487 e. The third kappa shape index (κ3) is 2.47. The predicted molar refractivity (Wildman–Crippen MR) is 65.5 cm³/mol. The van der Waals surface area contributed by atoms with Crippen LogP contribution in [0.3, 0.4) is 0 Å². The summed E-state index contributed by atoms with van der Waals surface area (Å²) < 4.78 is 5.05. The third-order valence-electron chi connectivity index (χ3n) is 2.39. The number of hydrogen-bond acceptors (Lipinski definition) is 2. The Morgan fingerprint density at radius 3 is 3.00 bits per heavy atom. The van der Waals surface area contributed by atoms with E-state index in [1.807, 2.05) is 30.5 Å². The summed E-state index contributed by atoms with van der Waals surface area (Å²) in [5, 5.41) is 9.98. The van der Waals surface area contributed by atoms with Gasteiger partial charge in [0, 0.05) is 11.7 Å². The minimum atomic E-state index is -1.05. The van der Waals surface area contributed by atoms with Gasteiger partial charge in [0.05, 0.1) is 6.61 Å². The molecule has 0 fully saturated rings. The van der Waals surface area contributed by atoms with E-state index in [-0.39, 0.29) is 5.76 Å². The molecule has 0 bridgehead atoms. The molecule has 2 rings (SSSR count). The Morgan fingerprint density at radius 2 is 2.29 bits per heavy atom. The number of aromatic nitrogens is 1. The maximum absolute atomic E-state index is 10.9. The average molecular weight is 231 g/mol. The number of carboxylic acid groups (broad SMARTS) is 1. The van der Waals surface area contributed by atoms with E-state index in [1.165, 1.54) is 6.08 Å². The Kier molecular flexibility index (Phi) is 3.14. The van der Waals surface area contributed by atoms with Crippen LogP contribution in [0, 0.1) is 0 Å². The van der Waals surface area contributed by atoms with Crippen LogP contribution in [-0.4, -0.2) is 22.7 Å². The smallest absolute Gasteiger partial charge is 0.371 e. The quantitative estimate of drug-likeness (QED) is 0.628. The van der Waals surface area contributed by atoms with E-state index in [0.717, 1.165) is 16.5 Å². The molecular weight excluding hydrogens is 218 g/mol. The van der Waals surface area contributed by atoms with Crippen LogP contribution in [0.1, 0.15) is 12.5 Å². The Morgan fingerprint density at radius 1 is 1.47 bits per heavy atom. The first-order valence-electron chi connectivity index (χ1n) is 5.35. The van der Waals surface area contributed by atoms with Gasteiger partial charge in [-0.1, -0.05) is 6.07 Å². The van der Waals surface area contributed by atoms with Crippen molar-refractivity contribution in [2.24, 2.45) is 0 Å². The van der Waals surface area contributed by atoms with Gasteiger partial charge in [-0.25, -0.2) is 4.79 Å². The summed E-state index contributed by atoms with van der Waals surface area (Å²) in [7, 11) is 0. The Labute approximate surface area is 98.5 Å². The molecule has 1 heterocycles. The molecule has 0 atom stereocenters. The molecule has 0 spiro atoms. The van der Waals surface area contributed by atoms with Crippen LogP contribution in [0.2, 0.25) is 0 Å². The highest BCUT2D eigenvalue weighted by molar-refractivity contribution is 5.91. The Bertz CT molecular complexity index is 569. The number of rotatable bonds is 4. The second-order valence-corrected chi connectivity index (χ2v) is 3.57. The fraction of sp³-hybridized carbons (Fsp3) is 0.154. The standard InChI is InChI=1S/C13H13NO3/c1-2-17-12(13(15)16)8-9-3-4-11-10(7-9)5-6-14-11/h3-8,14H,2H2,1H3,(H,15,16)/b12-8-. The molecule has 0 unspecified atom stereocenters. The second-order valence-electron chi connectivity index (χ2n) is 3.57. The summed E-state index contributed by atoms with van der Waals surface area (Å²) >= 11 is 0. The number of ether oxygens (including phenoxy) is 1. The molecule has 0 saturated carbocycles. The number of aromatic amines is 1. The van der Waals surface area contributed by atoms with Crippen LogP contribution in [0.5, 0.6) is 0 Å². The lowest BCUT2D eigenvalue weighted by Gasteiger charge is -2.03. The van der Waals surface area contributed by atoms with E-state index in [4.69, 9.17) is 9.84 Å². The van der Waals surface area contributed by atoms with Crippen LogP contribution in [0.25, 0.3) is 17.0 Å². The van der Waals surface area contributed by atoms with Crippen molar-refractivity contribution in [2.75, 3.05) is 6.61 Å². The number of hydrogen-bond donors (Lipinski definition) is 2. The summed E-state index contributed by atoms with van der Waals surface area (Å²) in [6.45, 7) is 2.09. The van der Waals surface area contributed by atoms with E-state index < -0.39 is 5.97 Å². The summed E-state index contributed by atoms with van der Waals surface area (Å²) in [4.78, 5) is 14.0. The minimum absolute atomic E-state index is 0.0395. The molecule has 1 aromatic carbocycles. The molecule has 0 saturated heterocycles. The predicted octanol–water partition coefficient (Wildman–Crippen LogP) is 2.63. The summed E-state index contributed by atoms with van der Waals surface area (Å²) in [6, 6.07) is 7.61. The fourth-order valence-corrected chi connectivity index (χ4v) is 1.63.